The van der Waals surface area contributed by atoms with Crippen molar-refractivity contribution in [3.63, 3.8) is 0 Å². The first-order chi connectivity index (χ1) is 6.83. The minimum Gasteiger partial charge on any atom is -0.349 e. The van der Waals surface area contributed by atoms with Crippen molar-refractivity contribution in [2.45, 2.75) is 19.8 Å². The smallest absolute Gasteiger partial charge is 0.314 e. The Kier molecular flexibility index (Phi) is 4.54. The van der Waals surface area contributed by atoms with Crippen molar-refractivity contribution in [2.75, 3.05) is 13.1 Å². The van der Waals surface area contributed by atoms with Crippen molar-refractivity contribution in [3.8, 4) is 0 Å². The molecule has 1 aromatic heterocycles. The molecule has 0 unspecified atom stereocenters. The van der Waals surface area contributed by atoms with Crippen molar-refractivity contribution in [1.29, 1.82) is 0 Å². The lowest BCUT2D eigenvalue weighted by Gasteiger charge is -2.04. The quantitative estimate of drug-likeness (QED) is 0.647. The third-order valence-electron chi connectivity index (χ3n) is 1.74. The second-order valence-electron chi connectivity index (χ2n) is 2.97. The summed E-state index contributed by atoms with van der Waals surface area (Å²) in [7, 11) is 0. The largest absolute Gasteiger partial charge is 0.349 e. The zero-order valence-corrected chi connectivity index (χ0v) is 8.34. The molecule has 0 aliphatic heterocycles. The average Bonchev–Trinajstić information content (AvgIpc) is 2.67. The Hall–Kier alpha value is -1.52. The van der Waals surface area contributed by atoms with E-state index in [-0.39, 0.29) is 6.03 Å². The van der Waals surface area contributed by atoms with Gasteiger partial charge in [-0.3, -0.25) is 0 Å². The number of imidazole rings is 1. The number of rotatable bonds is 5. The third-order valence-corrected chi connectivity index (χ3v) is 1.74. The number of carbonyl (C=O) groups excluding carboxylic acids is 1. The highest BCUT2D eigenvalue weighted by Crippen LogP contribution is 1.87. The number of nitrogens with one attached hydrogen (secondary N) is 3. The molecule has 0 fully saturated rings. The van der Waals surface area contributed by atoms with Crippen molar-refractivity contribution in [1.82, 2.24) is 20.6 Å². The first-order valence-electron chi connectivity index (χ1n) is 4.83. The van der Waals surface area contributed by atoms with E-state index in [4.69, 9.17) is 0 Å². The van der Waals surface area contributed by atoms with E-state index in [9.17, 15) is 4.79 Å². The summed E-state index contributed by atoms with van der Waals surface area (Å²) >= 11 is 0. The van der Waals surface area contributed by atoms with Crippen LogP contribution in [-0.2, 0) is 6.42 Å². The fourth-order valence-corrected chi connectivity index (χ4v) is 1.03. The standard InChI is InChI=1S/C9H16N4O/c1-2-4-12-9(14)13-5-3-8-10-6-7-11-8/h6-7H,2-5H2,1H3,(H,10,11)(H2,12,13,14). The van der Waals surface area contributed by atoms with E-state index in [0.29, 0.717) is 13.1 Å². The van der Waals surface area contributed by atoms with E-state index in [1.54, 1.807) is 12.4 Å². The van der Waals surface area contributed by atoms with Gasteiger partial charge in [-0.2, -0.15) is 0 Å². The normalized spacial score (nSPS) is 9.79. The van der Waals surface area contributed by atoms with E-state index in [2.05, 4.69) is 20.6 Å². The first-order valence-corrected chi connectivity index (χ1v) is 4.83. The molecular weight excluding hydrogens is 180 g/mol. The Morgan fingerprint density at radius 2 is 2.29 bits per heavy atom. The minimum absolute atomic E-state index is 0.113. The number of aromatic amines is 1. The van der Waals surface area contributed by atoms with E-state index >= 15 is 0 Å². The van der Waals surface area contributed by atoms with Crippen LogP contribution in [0, 0.1) is 0 Å². The molecule has 2 amide bonds. The monoisotopic (exact) mass is 196 g/mol. The molecule has 0 saturated carbocycles. The SMILES string of the molecule is CCCNC(=O)NCCc1ncc[nH]1. The van der Waals surface area contributed by atoms with Crippen LogP contribution in [0.3, 0.4) is 0 Å². The highest BCUT2D eigenvalue weighted by atomic mass is 16.2. The maximum atomic E-state index is 11.1. The molecule has 0 atom stereocenters. The summed E-state index contributed by atoms with van der Waals surface area (Å²) in [6.45, 7) is 3.33. The Labute approximate surface area is 83.3 Å². The number of carbonyl (C=O) groups is 1. The first kappa shape index (κ1) is 10.6. The maximum absolute atomic E-state index is 11.1. The van der Waals surface area contributed by atoms with Crippen LogP contribution in [0.5, 0.6) is 0 Å². The fourth-order valence-electron chi connectivity index (χ4n) is 1.03. The number of urea groups is 1. The van der Waals surface area contributed by atoms with E-state index < -0.39 is 0 Å². The van der Waals surface area contributed by atoms with Gasteiger partial charge in [-0.05, 0) is 6.42 Å². The molecule has 0 aliphatic carbocycles. The lowest BCUT2D eigenvalue weighted by Crippen LogP contribution is -2.36. The molecule has 1 rings (SSSR count). The highest BCUT2D eigenvalue weighted by Gasteiger charge is 1.98. The molecule has 1 heterocycles. The van der Waals surface area contributed by atoms with Gasteiger partial charge in [0.25, 0.3) is 0 Å². The highest BCUT2D eigenvalue weighted by molar-refractivity contribution is 5.73. The summed E-state index contributed by atoms with van der Waals surface area (Å²) in [6, 6.07) is -0.113. The zero-order valence-electron chi connectivity index (χ0n) is 8.34. The van der Waals surface area contributed by atoms with Crippen LogP contribution in [0.25, 0.3) is 0 Å². The van der Waals surface area contributed by atoms with Gasteiger partial charge >= 0.3 is 6.03 Å². The fraction of sp³-hybridized carbons (Fsp3) is 0.556. The maximum Gasteiger partial charge on any atom is 0.314 e. The number of H-pyrrole nitrogens is 1. The predicted octanol–water partition coefficient (Wildman–Crippen LogP) is 0.661. The van der Waals surface area contributed by atoms with Crippen LogP contribution in [0.1, 0.15) is 19.2 Å². The lowest BCUT2D eigenvalue weighted by molar-refractivity contribution is 0.241. The Balaban J connectivity index is 2.06. The summed E-state index contributed by atoms with van der Waals surface area (Å²) in [4.78, 5) is 18.1. The average molecular weight is 196 g/mol. The molecule has 0 saturated heterocycles. The van der Waals surface area contributed by atoms with Crippen molar-refractivity contribution < 1.29 is 4.79 Å². The van der Waals surface area contributed by atoms with Gasteiger partial charge in [-0.15, -0.1) is 0 Å². The number of nitrogens with zero attached hydrogens (tertiary/aromatic N) is 1. The molecule has 1 aromatic rings. The van der Waals surface area contributed by atoms with Gasteiger partial charge in [0.1, 0.15) is 5.82 Å². The van der Waals surface area contributed by atoms with Crippen LogP contribution in [0.4, 0.5) is 4.79 Å². The lowest BCUT2D eigenvalue weighted by atomic mass is 10.4. The summed E-state index contributed by atoms with van der Waals surface area (Å²) in [5, 5.41) is 5.48. The van der Waals surface area contributed by atoms with Crippen LogP contribution in [-0.4, -0.2) is 29.1 Å². The number of amides is 2. The van der Waals surface area contributed by atoms with E-state index in [1.807, 2.05) is 6.92 Å². The predicted molar refractivity (Wildman–Crippen MR) is 54.0 cm³/mol. The molecule has 5 nitrogen and oxygen atoms in total. The van der Waals surface area contributed by atoms with Gasteiger partial charge in [0.05, 0.1) is 0 Å². The molecule has 3 N–H and O–H groups in total. The molecule has 78 valence electrons. The van der Waals surface area contributed by atoms with E-state index in [0.717, 1.165) is 18.7 Å². The van der Waals surface area contributed by atoms with E-state index in [1.165, 1.54) is 0 Å². The van der Waals surface area contributed by atoms with Gasteiger partial charge in [-0.25, -0.2) is 9.78 Å². The molecule has 5 heteroatoms. The molecule has 0 aromatic carbocycles. The second kappa shape index (κ2) is 6.01. The molecule has 0 aliphatic rings. The topological polar surface area (TPSA) is 69.8 Å². The minimum atomic E-state index is -0.113. The van der Waals surface area contributed by atoms with Gasteiger partial charge < -0.3 is 15.6 Å². The Morgan fingerprint density at radius 1 is 1.50 bits per heavy atom. The van der Waals surface area contributed by atoms with Gasteiger partial charge in [0.15, 0.2) is 0 Å². The molecular formula is C9H16N4O. The molecule has 0 bridgehead atoms. The van der Waals surface area contributed by atoms with Gasteiger partial charge in [0.2, 0.25) is 0 Å². The molecule has 14 heavy (non-hydrogen) atoms. The van der Waals surface area contributed by atoms with Crippen molar-refractivity contribution in [2.24, 2.45) is 0 Å². The van der Waals surface area contributed by atoms with Crippen LogP contribution in [0.15, 0.2) is 12.4 Å². The van der Waals surface area contributed by atoms with Crippen LogP contribution in [0.2, 0.25) is 0 Å². The number of hydrogen-bond donors (Lipinski definition) is 3. The van der Waals surface area contributed by atoms with Crippen LogP contribution < -0.4 is 10.6 Å². The Bertz CT molecular complexity index is 258. The number of aromatic nitrogens is 2. The van der Waals surface area contributed by atoms with Crippen molar-refractivity contribution >= 4 is 6.03 Å². The zero-order chi connectivity index (χ0) is 10.2. The van der Waals surface area contributed by atoms with Crippen molar-refractivity contribution in [3.05, 3.63) is 18.2 Å². The molecule has 0 spiro atoms. The summed E-state index contributed by atoms with van der Waals surface area (Å²) in [5.41, 5.74) is 0. The Morgan fingerprint density at radius 3 is 2.93 bits per heavy atom. The van der Waals surface area contributed by atoms with Gasteiger partial charge in [0, 0.05) is 31.9 Å². The van der Waals surface area contributed by atoms with Crippen LogP contribution >= 0.6 is 0 Å². The summed E-state index contributed by atoms with van der Waals surface area (Å²) < 4.78 is 0. The molecule has 0 radical (unpaired) electrons. The summed E-state index contributed by atoms with van der Waals surface area (Å²) in [6.07, 6.45) is 5.15. The third kappa shape index (κ3) is 3.93. The second-order valence-corrected chi connectivity index (χ2v) is 2.97. The van der Waals surface area contributed by atoms with Gasteiger partial charge in [-0.1, -0.05) is 6.92 Å². The number of hydrogen-bond acceptors (Lipinski definition) is 2. The summed E-state index contributed by atoms with van der Waals surface area (Å²) in [5.74, 6) is 0.890.